The Morgan fingerprint density at radius 2 is 2.19 bits per heavy atom. The van der Waals surface area contributed by atoms with E-state index in [-0.39, 0.29) is 24.5 Å². The van der Waals surface area contributed by atoms with Gasteiger partial charge in [-0.1, -0.05) is 13.0 Å². The van der Waals surface area contributed by atoms with Gasteiger partial charge in [-0.25, -0.2) is 4.39 Å². The molecular formula is C12H17BrFNO. The second-order valence-corrected chi connectivity index (χ2v) is 4.70. The molecule has 0 heterocycles. The van der Waals surface area contributed by atoms with Crippen LogP contribution in [0.1, 0.15) is 31.9 Å². The molecule has 0 radical (unpaired) electrons. The third-order valence-electron chi connectivity index (χ3n) is 2.64. The second kappa shape index (κ2) is 6.33. The van der Waals surface area contributed by atoms with Crippen LogP contribution in [0.4, 0.5) is 4.39 Å². The molecule has 2 nitrogen and oxygen atoms in total. The van der Waals surface area contributed by atoms with Gasteiger partial charge >= 0.3 is 0 Å². The molecule has 1 rings (SSSR count). The number of halogens is 2. The lowest BCUT2D eigenvalue weighted by molar-refractivity contribution is 0.230. The molecule has 0 fully saturated rings. The van der Waals surface area contributed by atoms with Crippen molar-refractivity contribution < 1.29 is 9.50 Å². The van der Waals surface area contributed by atoms with E-state index in [1.165, 1.54) is 6.07 Å². The maximum Gasteiger partial charge on any atom is 0.137 e. The van der Waals surface area contributed by atoms with Crippen LogP contribution in [0.3, 0.4) is 0 Å². The number of nitrogens with one attached hydrogen (secondary N) is 1. The Bertz CT molecular complexity index is 342. The lowest BCUT2D eigenvalue weighted by atomic mass is 10.1. The highest BCUT2D eigenvalue weighted by molar-refractivity contribution is 9.10. The third kappa shape index (κ3) is 3.54. The van der Waals surface area contributed by atoms with Gasteiger partial charge in [0.2, 0.25) is 0 Å². The summed E-state index contributed by atoms with van der Waals surface area (Å²) in [5, 5.41) is 12.3. The molecule has 0 saturated carbocycles. The first kappa shape index (κ1) is 13.6. The molecule has 0 aliphatic rings. The predicted octanol–water partition coefficient (Wildman–Crippen LogP) is 3.01. The van der Waals surface area contributed by atoms with E-state index in [1.54, 1.807) is 6.07 Å². The summed E-state index contributed by atoms with van der Waals surface area (Å²) >= 11 is 3.12. The first-order valence-corrected chi connectivity index (χ1v) is 6.19. The fourth-order valence-electron chi connectivity index (χ4n) is 1.53. The van der Waals surface area contributed by atoms with Gasteiger partial charge in [0.05, 0.1) is 11.1 Å². The maximum atomic E-state index is 13.3. The number of hydrogen-bond acceptors (Lipinski definition) is 2. The molecule has 0 amide bonds. The molecule has 0 aliphatic carbocycles. The lowest BCUT2D eigenvalue weighted by Gasteiger charge is -2.21. The van der Waals surface area contributed by atoms with Crippen LogP contribution in [0, 0.1) is 5.82 Å². The molecule has 2 N–H and O–H groups in total. The summed E-state index contributed by atoms with van der Waals surface area (Å²) in [5.74, 6) is -0.261. The molecule has 0 saturated heterocycles. The van der Waals surface area contributed by atoms with Gasteiger partial charge in [-0.2, -0.15) is 0 Å². The van der Waals surface area contributed by atoms with Crippen LogP contribution >= 0.6 is 15.9 Å². The average Bonchev–Trinajstić information content (AvgIpc) is 2.29. The molecule has 0 aromatic heterocycles. The molecule has 2 unspecified atom stereocenters. The minimum atomic E-state index is -0.261. The topological polar surface area (TPSA) is 32.3 Å². The predicted molar refractivity (Wildman–Crippen MR) is 66.8 cm³/mol. The van der Waals surface area contributed by atoms with Crippen molar-refractivity contribution in [2.75, 3.05) is 6.61 Å². The van der Waals surface area contributed by atoms with Crippen molar-refractivity contribution in [1.29, 1.82) is 0 Å². The van der Waals surface area contributed by atoms with E-state index in [9.17, 15) is 4.39 Å². The van der Waals surface area contributed by atoms with Gasteiger partial charge < -0.3 is 10.4 Å². The zero-order valence-corrected chi connectivity index (χ0v) is 11.1. The summed E-state index contributed by atoms with van der Waals surface area (Å²) in [6, 6.07) is 5.16. The van der Waals surface area contributed by atoms with E-state index >= 15 is 0 Å². The summed E-state index contributed by atoms with van der Waals surface area (Å²) in [5.41, 5.74) is 0.882. The van der Waals surface area contributed by atoms with Gasteiger partial charge in [0.1, 0.15) is 5.82 Å². The first-order chi connectivity index (χ1) is 7.58. The van der Waals surface area contributed by atoms with E-state index in [0.29, 0.717) is 4.47 Å². The maximum absolute atomic E-state index is 13.3. The van der Waals surface area contributed by atoms with Gasteiger partial charge in [-0.05, 0) is 47.0 Å². The van der Waals surface area contributed by atoms with Crippen molar-refractivity contribution in [3.05, 3.63) is 34.1 Å². The summed E-state index contributed by atoms with van der Waals surface area (Å²) < 4.78 is 13.8. The van der Waals surface area contributed by atoms with Crippen LogP contribution in [0.2, 0.25) is 0 Å². The number of aliphatic hydroxyl groups is 1. The van der Waals surface area contributed by atoms with Crippen LogP contribution in [-0.4, -0.2) is 17.8 Å². The molecule has 4 heteroatoms. The number of hydrogen-bond donors (Lipinski definition) is 2. The van der Waals surface area contributed by atoms with Gasteiger partial charge in [-0.3, -0.25) is 0 Å². The van der Waals surface area contributed by atoms with Crippen molar-refractivity contribution in [1.82, 2.24) is 5.32 Å². The smallest absolute Gasteiger partial charge is 0.137 e. The molecule has 1 aromatic carbocycles. The first-order valence-electron chi connectivity index (χ1n) is 5.40. The van der Waals surface area contributed by atoms with Crippen LogP contribution in [0.5, 0.6) is 0 Å². The Kier molecular flexibility index (Phi) is 5.38. The molecule has 2 atom stereocenters. The van der Waals surface area contributed by atoms with E-state index in [2.05, 4.69) is 21.2 Å². The summed E-state index contributed by atoms with van der Waals surface area (Å²) in [6.45, 7) is 4.06. The van der Waals surface area contributed by atoms with Crippen molar-refractivity contribution in [3.8, 4) is 0 Å². The minimum Gasteiger partial charge on any atom is -0.395 e. The van der Waals surface area contributed by atoms with Crippen LogP contribution in [0.15, 0.2) is 22.7 Å². The monoisotopic (exact) mass is 289 g/mol. The van der Waals surface area contributed by atoms with E-state index in [1.807, 2.05) is 19.9 Å². The Balaban J connectivity index is 2.72. The highest BCUT2D eigenvalue weighted by atomic mass is 79.9. The molecule has 0 spiro atoms. The summed E-state index contributed by atoms with van der Waals surface area (Å²) in [4.78, 5) is 0. The molecule has 1 aromatic rings. The van der Waals surface area contributed by atoms with Gasteiger partial charge in [-0.15, -0.1) is 0 Å². The number of aliphatic hydroxyl groups excluding tert-OH is 1. The van der Waals surface area contributed by atoms with E-state index < -0.39 is 0 Å². The van der Waals surface area contributed by atoms with Crippen molar-refractivity contribution >= 4 is 15.9 Å². The fraction of sp³-hybridized carbons (Fsp3) is 0.500. The van der Waals surface area contributed by atoms with E-state index in [4.69, 9.17) is 5.11 Å². The van der Waals surface area contributed by atoms with Gasteiger partial charge in [0.15, 0.2) is 0 Å². The molecule has 16 heavy (non-hydrogen) atoms. The second-order valence-electron chi connectivity index (χ2n) is 3.85. The van der Waals surface area contributed by atoms with Crippen LogP contribution in [-0.2, 0) is 0 Å². The summed E-state index contributed by atoms with van der Waals surface area (Å²) in [6.07, 6.45) is 0.847. The minimum absolute atomic E-state index is 0.0275. The number of rotatable bonds is 5. The highest BCUT2D eigenvalue weighted by Crippen LogP contribution is 2.20. The van der Waals surface area contributed by atoms with Crippen molar-refractivity contribution in [3.63, 3.8) is 0 Å². The standard InChI is InChI=1S/C12H17BrFNO/c1-3-10(7-16)15-8(2)9-4-5-11(13)12(14)6-9/h4-6,8,10,15-16H,3,7H2,1-2H3. The van der Waals surface area contributed by atoms with Crippen molar-refractivity contribution in [2.24, 2.45) is 0 Å². The lowest BCUT2D eigenvalue weighted by Crippen LogP contribution is -2.33. The van der Waals surface area contributed by atoms with Crippen LogP contribution in [0.25, 0.3) is 0 Å². The Hall–Kier alpha value is -0.450. The quantitative estimate of drug-likeness (QED) is 0.873. The Labute approximate surface area is 104 Å². The average molecular weight is 290 g/mol. The zero-order chi connectivity index (χ0) is 12.1. The highest BCUT2D eigenvalue weighted by Gasteiger charge is 2.12. The molecule has 90 valence electrons. The molecule has 0 bridgehead atoms. The molecule has 0 aliphatic heterocycles. The largest absolute Gasteiger partial charge is 0.395 e. The Morgan fingerprint density at radius 1 is 1.50 bits per heavy atom. The van der Waals surface area contributed by atoms with E-state index in [0.717, 1.165) is 12.0 Å². The van der Waals surface area contributed by atoms with Crippen molar-refractivity contribution in [2.45, 2.75) is 32.4 Å². The summed E-state index contributed by atoms with van der Waals surface area (Å²) in [7, 11) is 0. The zero-order valence-electron chi connectivity index (χ0n) is 9.50. The molecular weight excluding hydrogens is 273 g/mol. The third-order valence-corrected chi connectivity index (χ3v) is 3.29. The normalized spacial score (nSPS) is 14.8. The Morgan fingerprint density at radius 3 is 2.69 bits per heavy atom. The number of benzene rings is 1. The van der Waals surface area contributed by atoms with Gasteiger partial charge in [0, 0.05) is 12.1 Å². The van der Waals surface area contributed by atoms with Crippen LogP contribution < -0.4 is 5.32 Å². The SMILES string of the molecule is CCC(CO)NC(C)c1ccc(Br)c(F)c1. The van der Waals surface area contributed by atoms with Gasteiger partial charge in [0.25, 0.3) is 0 Å². The fourth-order valence-corrected chi connectivity index (χ4v) is 1.78.